The fraction of sp³-hybridized carbons (Fsp3) is 0.333. The number of allylic oxidation sites excluding steroid dienone is 1. The molecule has 0 aliphatic carbocycles. The van der Waals surface area contributed by atoms with Gasteiger partial charge in [-0.2, -0.15) is 0 Å². The molecule has 0 saturated carbocycles. The topological polar surface area (TPSA) is 20.2 Å². The quantitative estimate of drug-likeness (QED) is 0.701. The van der Waals surface area contributed by atoms with Gasteiger partial charge in [0, 0.05) is 6.42 Å². The molecule has 0 amide bonds. The molecule has 1 unspecified atom stereocenters. The average Bonchev–Trinajstić information content (AvgIpc) is 2.09. The molecule has 1 aromatic rings. The number of aliphatic hydroxyl groups excluding tert-OH is 1. The van der Waals surface area contributed by atoms with Crippen molar-refractivity contribution < 1.29 is 5.11 Å². The molecule has 0 aliphatic rings. The molecule has 0 aromatic heterocycles. The molecular weight excluding hydrogens is 160 g/mol. The largest absolute Gasteiger partial charge is 0.389 e. The molecule has 13 heavy (non-hydrogen) atoms. The molecule has 1 aromatic carbocycles. The summed E-state index contributed by atoms with van der Waals surface area (Å²) in [5.41, 5.74) is 2.46. The molecule has 1 N–H and O–H groups in total. The van der Waals surface area contributed by atoms with Gasteiger partial charge >= 0.3 is 0 Å². The highest BCUT2D eigenvalue weighted by molar-refractivity contribution is 5.26. The average molecular weight is 176 g/mol. The molecule has 0 spiro atoms. The third-order valence-corrected chi connectivity index (χ3v) is 2.10. The molecule has 0 aliphatic heterocycles. The maximum absolute atomic E-state index is 9.54. The van der Waals surface area contributed by atoms with Crippen LogP contribution in [0.5, 0.6) is 0 Å². The molecule has 0 saturated heterocycles. The summed E-state index contributed by atoms with van der Waals surface area (Å²) in [5, 5.41) is 9.54. The summed E-state index contributed by atoms with van der Waals surface area (Å²) in [6.45, 7) is 3.98. The van der Waals surface area contributed by atoms with Crippen molar-refractivity contribution in [2.75, 3.05) is 0 Å². The van der Waals surface area contributed by atoms with Gasteiger partial charge in [-0.1, -0.05) is 36.4 Å². The summed E-state index contributed by atoms with van der Waals surface area (Å²) in [6, 6.07) is 8.14. The lowest BCUT2D eigenvalue weighted by atomic mass is 10.0. The van der Waals surface area contributed by atoms with Crippen LogP contribution in [0.4, 0.5) is 0 Å². The minimum absolute atomic E-state index is 0.355. The second-order valence-electron chi connectivity index (χ2n) is 3.22. The predicted molar refractivity (Wildman–Crippen MR) is 55.7 cm³/mol. The van der Waals surface area contributed by atoms with Crippen molar-refractivity contribution in [2.24, 2.45) is 0 Å². The van der Waals surface area contributed by atoms with Crippen LogP contribution >= 0.6 is 0 Å². The summed E-state index contributed by atoms with van der Waals surface area (Å²) in [6.07, 6.45) is 4.04. The minimum atomic E-state index is -0.355. The fourth-order valence-corrected chi connectivity index (χ4v) is 1.35. The smallest absolute Gasteiger partial charge is 0.0761 e. The number of benzene rings is 1. The first-order valence-electron chi connectivity index (χ1n) is 4.59. The summed E-state index contributed by atoms with van der Waals surface area (Å²) in [4.78, 5) is 0. The second-order valence-corrected chi connectivity index (χ2v) is 3.22. The molecule has 0 heterocycles. The molecule has 0 fully saturated rings. The van der Waals surface area contributed by atoms with Gasteiger partial charge in [-0.05, 0) is 25.0 Å². The predicted octanol–water partition coefficient (Wildman–Crippen LogP) is 2.47. The molecular formula is C12H16O. The Labute approximate surface area is 79.7 Å². The van der Waals surface area contributed by atoms with E-state index in [2.05, 4.69) is 19.1 Å². The summed E-state index contributed by atoms with van der Waals surface area (Å²) >= 11 is 0. The van der Waals surface area contributed by atoms with Crippen LogP contribution < -0.4 is 0 Å². The van der Waals surface area contributed by atoms with Crippen molar-refractivity contribution >= 4 is 0 Å². The summed E-state index contributed by atoms with van der Waals surface area (Å²) in [7, 11) is 0. The first-order chi connectivity index (χ1) is 6.24. The van der Waals surface area contributed by atoms with E-state index in [9.17, 15) is 5.11 Å². The van der Waals surface area contributed by atoms with Gasteiger partial charge in [0.1, 0.15) is 0 Å². The first-order valence-corrected chi connectivity index (χ1v) is 4.59. The van der Waals surface area contributed by atoms with Gasteiger partial charge in [0.15, 0.2) is 0 Å². The fourth-order valence-electron chi connectivity index (χ4n) is 1.35. The monoisotopic (exact) mass is 176 g/mol. The van der Waals surface area contributed by atoms with Gasteiger partial charge in [-0.15, -0.1) is 0 Å². The number of rotatable bonds is 3. The lowest BCUT2D eigenvalue weighted by Gasteiger charge is -2.07. The van der Waals surface area contributed by atoms with E-state index in [1.54, 1.807) is 0 Å². The van der Waals surface area contributed by atoms with Crippen molar-refractivity contribution in [1.82, 2.24) is 0 Å². The molecule has 1 heteroatoms. The van der Waals surface area contributed by atoms with E-state index in [1.165, 1.54) is 11.1 Å². The lowest BCUT2D eigenvalue weighted by Crippen LogP contribution is -2.07. The normalized spacial score (nSPS) is 13.5. The lowest BCUT2D eigenvalue weighted by molar-refractivity contribution is 0.223. The van der Waals surface area contributed by atoms with Gasteiger partial charge in [-0.25, -0.2) is 0 Å². The van der Waals surface area contributed by atoms with Gasteiger partial charge in [0.2, 0.25) is 0 Å². The molecule has 1 rings (SSSR count). The highest BCUT2D eigenvalue weighted by Gasteiger charge is 2.02. The summed E-state index contributed by atoms with van der Waals surface area (Å²) in [5.74, 6) is 0. The maximum atomic E-state index is 9.54. The molecule has 1 atom stereocenters. The highest BCUT2D eigenvalue weighted by Crippen LogP contribution is 2.09. The Morgan fingerprint density at radius 2 is 2.08 bits per heavy atom. The van der Waals surface area contributed by atoms with Crippen LogP contribution in [0, 0.1) is 6.92 Å². The van der Waals surface area contributed by atoms with Gasteiger partial charge in [0.05, 0.1) is 6.10 Å². The van der Waals surface area contributed by atoms with Gasteiger partial charge in [0.25, 0.3) is 0 Å². The number of hydrogen-bond acceptors (Lipinski definition) is 1. The Morgan fingerprint density at radius 1 is 1.38 bits per heavy atom. The van der Waals surface area contributed by atoms with E-state index in [1.807, 2.05) is 31.2 Å². The van der Waals surface area contributed by atoms with Crippen molar-refractivity contribution in [3.8, 4) is 0 Å². The van der Waals surface area contributed by atoms with Crippen LogP contribution in [0.3, 0.4) is 0 Å². The molecule has 70 valence electrons. The number of hydrogen-bond donors (Lipinski definition) is 1. The molecule has 0 radical (unpaired) electrons. The van der Waals surface area contributed by atoms with E-state index in [4.69, 9.17) is 0 Å². The Morgan fingerprint density at radius 3 is 2.69 bits per heavy atom. The van der Waals surface area contributed by atoms with Crippen LogP contribution in [-0.2, 0) is 6.42 Å². The number of aryl methyl sites for hydroxylation is 1. The second kappa shape index (κ2) is 4.83. The summed E-state index contributed by atoms with van der Waals surface area (Å²) < 4.78 is 0. The van der Waals surface area contributed by atoms with Crippen molar-refractivity contribution in [1.29, 1.82) is 0 Å². The van der Waals surface area contributed by atoms with Crippen molar-refractivity contribution in [3.05, 3.63) is 47.5 Å². The Bertz CT molecular complexity index is 289. The third-order valence-electron chi connectivity index (χ3n) is 2.10. The van der Waals surface area contributed by atoms with E-state index in [0.717, 1.165) is 0 Å². The van der Waals surface area contributed by atoms with Crippen LogP contribution in [0.1, 0.15) is 18.1 Å². The van der Waals surface area contributed by atoms with Crippen LogP contribution in [-0.4, -0.2) is 11.2 Å². The maximum Gasteiger partial charge on any atom is 0.0761 e. The van der Waals surface area contributed by atoms with Crippen molar-refractivity contribution in [3.63, 3.8) is 0 Å². The van der Waals surface area contributed by atoms with E-state index < -0.39 is 0 Å². The Kier molecular flexibility index (Phi) is 3.71. The molecule has 1 nitrogen and oxygen atoms in total. The van der Waals surface area contributed by atoms with Gasteiger partial charge < -0.3 is 5.11 Å². The Balaban J connectivity index is 2.68. The minimum Gasteiger partial charge on any atom is -0.389 e. The standard InChI is InChI=1S/C12H16O/c1-3-6-12(13)9-11-8-5-4-7-10(11)2/h3-8,12-13H,9H2,1-2H3. The Hall–Kier alpha value is -1.08. The zero-order valence-electron chi connectivity index (χ0n) is 8.20. The first kappa shape index (κ1) is 10.0. The van der Waals surface area contributed by atoms with Gasteiger partial charge in [-0.3, -0.25) is 0 Å². The van der Waals surface area contributed by atoms with Crippen molar-refractivity contribution in [2.45, 2.75) is 26.4 Å². The zero-order valence-corrected chi connectivity index (χ0v) is 8.20. The number of aliphatic hydroxyl groups is 1. The third kappa shape index (κ3) is 3.03. The highest BCUT2D eigenvalue weighted by atomic mass is 16.3. The van der Waals surface area contributed by atoms with E-state index in [-0.39, 0.29) is 6.10 Å². The van der Waals surface area contributed by atoms with E-state index >= 15 is 0 Å². The molecule has 0 bridgehead atoms. The van der Waals surface area contributed by atoms with Crippen LogP contribution in [0.25, 0.3) is 0 Å². The van der Waals surface area contributed by atoms with Crippen LogP contribution in [0.2, 0.25) is 0 Å². The zero-order chi connectivity index (χ0) is 9.68. The van der Waals surface area contributed by atoms with Crippen LogP contribution in [0.15, 0.2) is 36.4 Å². The SMILES string of the molecule is CC=CC(O)Cc1ccccc1C. The van der Waals surface area contributed by atoms with E-state index in [0.29, 0.717) is 6.42 Å².